The number of benzene rings is 2. The summed E-state index contributed by atoms with van der Waals surface area (Å²) in [5.74, 6) is 1.80. The molecule has 0 radical (unpaired) electrons. The maximum atomic E-state index is 6.02. The van der Waals surface area contributed by atoms with Gasteiger partial charge in [-0.1, -0.05) is 29.8 Å². The van der Waals surface area contributed by atoms with Crippen molar-refractivity contribution in [3.8, 4) is 11.5 Å². The van der Waals surface area contributed by atoms with Gasteiger partial charge in [-0.2, -0.15) is 0 Å². The molecule has 2 aromatic carbocycles. The number of ether oxygens (including phenoxy) is 2. The Bertz CT molecular complexity index is 605. The number of halogens is 1. The third kappa shape index (κ3) is 3.31. The van der Waals surface area contributed by atoms with E-state index in [0.717, 1.165) is 29.9 Å². The molecule has 1 heterocycles. The van der Waals surface area contributed by atoms with Gasteiger partial charge in [0.15, 0.2) is 0 Å². The monoisotopic (exact) mass is 303 g/mol. The molecule has 110 valence electrons. The second kappa shape index (κ2) is 6.37. The zero-order chi connectivity index (χ0) is 14.7. The molecule has 21 heavy (non-hydrogen) atoms. The molecule has 4 heteroatoms. The molecule has 2 N–H and O–H groups in total. The Morgan fingerprint density at radius 3 is 2.90 bits per heavy atom. The fourth-order valence-electron chi connectivity index (χ4n) is 2.57. The molecule has 1 aliphatic rings. The first-order chi connectivity index (χ1) is 10.3. The van der Waals surface area contributed by atoms with Gasteiger partial charge in [0, 0.05) is 11.4 Å². The largest absolute Gasteiger partial charge is 0.489 e. The first-order valence-electron chi connectivity index (χ1n) is 7.12. The fourth-order valence-corrected chi connectivity index (χ4v) is 2.76. The average Bonchev–Trinajstić information content (AvgIpc) is 2.89. The number of para-hydroxylation sites is 1. The smallest absolute Gasteiger partial charge is 0.137 e. The lowest BCUT2D eigenvalue weighted by atomic mass is 10.1. The zero-order valence-electron chi connectivity index (χ0n) is 11.7. The molecule has 1 aliphatic heterocycles. The maximum Gasteiger partial charge on any atom is 0.137 e. The molecule has 0 aromatic heterocycles. The van der Waals surface area contributed by atoms with Crippen LogP contribution in [0.4, 0.5) is 0 Å². The van der Waals surface area contributed by atoms with Crippen molar-refractivity contribution >= 4 is 11.6 Å². The van der Waals surface area contributed by atoms with Gasteiger partial charge in [-0.15, -0.1) is 0 Å². The fraction of sp³-hybridized carbons (Fsp3) is 0.294. The topological polar surface area (TPSA) is 44.5 Å². The van der Waals surface area contributed by atoms with Crippen LogP contribution in [0.3, 0.4) is 0 Å². The number of nitrogens with two attached hydrogens (primary N) is 1. The summed E-state index contributed by atoms with van der Waals surface area (Å²) in [6.45, 7) is 1.09. The minimum atomic E-state index is 0.0591. The molecule has 0 spiro atoms. The molecule has 0 amide bonds. The summed E-state index contributed by atoms with van der Waals surface area (Å²) in [7, 11) is 0. The molecule has 0 aliphatic carbocycles. The summed E-state index contributed by atoms with van der Waals surface area (Å²) in [6, 6.07) is 13.8. The minimum absolute atomic E-state index is 0.0591. The van der Waals surface area contributed by atoms with E-state index < -0.39 is 0 Å². The van der Waals surface area contributed by atoms with Crippen LogP contribution in [-0.2, 0) is 12.8 Å². The number of hydrogen-bond acceptors (Lipinski definition) is 3. The van der Waals surface area contributed by atoms with E-state index in [1.54, 1.807) is 0 Å². The minimum Gasteiger partial charge on any atom is -0.489 e. The van der Waals surface area contributed by atoms with E-state index in [1.165, 1.54) is 5.56 Å². The van der Waals surface area contributed by atoms with Crippen LogP contribution >= 0.6 is 11.6 Å². The highest BCUT2D eigenvalue weighted by atomic mass is 35.5. The van der Waals surface area contributed by atoms with Gasteiger partial charge in [-0.05, 0) is 48.4 Å². The van der Waals surface area contributed by atoms with Crippen molar-refractivity contribution in [2.24, 2.45) is 5.73 Å². The van der Waals surface area contributed by atoms with Crippen molar-refractivity contribution in [2.45, 2.75) is 18.9 Å². The highest BCUT2D eigenvalue weighted by Gasteiger charge is 2.23. The van der Waals surface area contributed by atoms with E-state index in [-0.39, 0.29) is 6.10 Å². The maximum absolute atomic E-state index is 6.02. The number of rotatable bonds is 5. The van der Waals surface area contributed by atoms with Gasteiger partial charge in [0.25, 0.3) is 0 Å². The Morgan fingerprint density at radius 2 is 2.10 bits per heavy atom. The van der Waals surface area contributed by atoms with Crippen LogP contribution in [0.5, 0.6) is 11.5 Å². The van der Waals surface area contributed by atoms with Gasteiger partial charge in [0.2, 0.25) is 0 Å². The molecule has 1 atom stereocenters. The summed E-state index contributed by atoms with van der Waals surface area (Å²) in [6.07, 6.45) is 1.70. The van der Waals surface area contributed by atoms with Crippen molar-refractivity contribution in [2.75, 3.05) is 13.2 Å². The quantitative estimate of drug-likeness (QED) is 0.922. The molecule has 3 rings (SSSR count). The van der Waals surface area contributed by atoms with E-state index in [4.69, 9.17) is 26.8 Å². The summed E-state index contributed by atoms with van der Waals surface area (Å²) in [5, 5.41) is 0.704. The molecular formula is C17H18ClNO2. The van der Waals surface area contributed by atoms with Crippen molar-refractivity contribution in [1.29, 1.82) is 0 Å². The second-order valence-corrected chi connectivity index (χ2v) is 5.59. The standard InChI is InChI=1S/C17H18ClNO2/c18-14-5-6-16(13(9-14)7-8-19)20-11-15-10-12-3-1-2-4-17(12)21-15/h1-6,9,15H,7-8,10-11,19H2. The van der Waals surface area contributed by atoms with Crippen LogP contribution in [0.25, 0.3) is 0 Å². The molecule has 2 aromatic rings. The number of fused-ring (bicyclic) bond motifs is 1. The molecule has 3 nitrogen and oxygen atoms in total. The van der Waals surface area contributed by atoms with Gasteiger partial charge in [0.1, 0.15) is 24.2 Å². The van der Waals surface area contributed by atoms with Gasteiger partial charge >= 0.3 is 0 Å². The van der Waals surface area contributed by atoms with Crippen molar-refractivity contribution in [1.82, 2.24) is 0 Å². The van der Waals surface area contributed by atoms with Crippen LogP contribution in [0.1, 0.15) is 11.1 Å². The zero-order valence-corrected chi connectivity index (χ0v) is 12.5. The normalized spacial score (nSPS) is 16.4. The summed E-state index contributed by atoms with van der Waals surface area (Å²) < 4.78 is 11.8. The van der Waals surface area contributed by atoms with Crippen molar-refractivity contribution < 1.29 is 9.47 Å². The Balaban J connectivity index is 1.64. The van der Waals surface area contributed by atoms with Gasteiger partial charge in [-0.3, -0.25) is 0 Å². The Kier molecular flexibility index (Phi) is 4.32. The lowest BCUT2D eigenvalue weighted by Gasteiger charge is -2.15. The van der Waals surface area contributed by atoms with Gasteiger partial charge in [-0.25, -0.2) is 0 Å². The molecule has 1 unspecified atom stereocenters. The predicted octanol–water partition coefficient (Wildman–Crippen LogP) is 3.22. The van der Waals surface area contributed by atoms with E-state index in [0.29, 0.717) is 18.2 Å². The van der Waals surface area contributed by atoms with E-state index in [9.17, 15) is 0 Å². The Morgan fingerprint density at radius 1 is 1.24 bits per heavy atom. The number of hydrogen-bond donors (Lipinski definition) is 1. The molecule has 0 fully saturated rings. The SMILES string of the molecule is NCCc1cc(Cl)ccc1OCC1Cc2ccccc2O1. The third-order valence-corrected chi connectivity index (χ3v) is 3.81. The Hall–Kier alpha value is -1.71. The highest BCUT2D eigenvalue weighted by molar-refractivity contribution is 6.30. The first-order valence-corrected chi connectivity index (χ1v) is 7.50. The molecular weight excluding hydrogens is 286 g/mol. The van der Waals surface area contributed by atoms with Crippen LogP contribution in [0, 0.1) is 0 Å². The van der Waals surface area contributed by atoms with Crippen LogP contribution in [0.15, 0.2) is 42.5 Å². The van der Waals surface area contributed by atoms with Gasteiger partial charge in [0.05, 0.1) is 0 Å². The summed E-state index contributed by atoms with van der Waals surface area (Å²) in [5.41, 5.74) is 7.91. The van der Waals surface area contributed by atoms with E-state index >= 15 is 0 Å². The average molecular weight is 304 g/mol. The molecule has 0 saturated heterocycles. The van der Waals surface area contributed by atoms with E-state index in [1.807, 2.05) is 36.4 Å². The first kappa shape index (κ1) is 14.2. The Labute approximate surface area is 129 Å². The third-order valence-electron chi connectivity index (χ3n) is 3.57. The van der Waals surface area contributed by atoms with Crippen molar-refractivity contribution in [3.63, 3.8) is 0 Å². The molecule has 0 bridgehead atoms. The second-order valence-electron chi connectivity index (χ2n) is 5.15. The van der Waals surface area contributed by atoms with Crippen LogP contribution in [0.2, 0.25) is 5.02 Å². The summed E-state index contributed by atoms with van der Waals surface area (Å²) >= 11 is 6.02. The van der Waals surface area contributed by atoms with Crippen molar-refractivity contribution in [3.05, 3.63) is 58.6 Å². The lowest BCUT2D eigenvalue weighted by molar-refractivity contribution is 0.148. The summed E-state index contributed by atoms with van der Waals surface area (Å²) in [4.78, 5) is 0. The van der Waals surface area contributed by atoms with E-state index in [2.05, 4.69) is 6.07 Å². The molecule has 0 saturated carbocycles. The van der Waals surface area contributed by atoms with Gasteiger partial charge < -0.3 is 15.2 Å². The predicted molar refractivity (Wildman–Crippen MR) is 84.3 cm³/mol. The lowest BCUT2D eigenvalue weighted by Crippen LogP contribution is -2.22. The highest BCUT2D eigenvalue weighted by Crippen LogP contribution is 2.29. The van der Waals surface area contributed by atoms with Crippen LogP contribution in [-0.4, -0.2) is 19.3 Å². The van der Waals surface area contributed by atoms with Crippen LogP contribution < -0.4 is 15.2 Å².